The summed E-state index contributed by atoms with van der Waals surface area (Å²) in [6.07, 6.45) is 6.30. The summed E-state index contributed by atoms with van der Waals surface area (Å²) < 4.78 is 12.2. The maximum absolute atomic E-state index is 6.17. The Kier molecular flexibility index (Phi) is 4.71. The molecule has 4 rings (SSSR count). The van der Waals surface area contributed by atoms with E-state index in [1.54, 1.807) is 0 Å². The lowest BCUT2D eigenvalue weighted by atomic mass is 10.1. The second kappa shape index (κ2) is 7.09. The van der Waals surface area contributed by atoms with Gasteiger partial charge in [-0.25, -0.2) is 0 Å². The first-order valence-electron chi connectivity index (χ1n) is 8.29. The van der Waals surface area contributed by atoms with Crippen LogP contribution >= 0.6 is 11.3 Å². The van der Waals surface area contributed by atoms with Gasteiger partial charge in [0.1, 0.15) is 0 Å². The fraction of sp³-hybridized carbons (Fsp3) is 0.500. The molecule has 1 aliphatic carbocycles. The highest BCUT2D eigenvalue weighted by molar-refractivity contribution is 7.09. The molecule has 1 saturated carbocycles. The number of fused-ring (bicyclic) bond motifs is 1. The van der Waals surface area contributed by atoms with Crippen LogP contribution in [0.5, 0.6) is 0 Å². The van der Waals surface area contributed by atoms with Gasteiger partial charge < -0.3 is 9.47 Å². The smallest absolute Gasteiger partial charge is 0.0992 e. The van der Waals surface area contributed by atoms with Gasteiger partial charge in [0.2, 0.25) is 0 Å². The molecule has 0 aromatic carbocycles. The Morgan fingerprint density at radius 1 is 1.26 bits per heavy atom. The Hall–Kier alpha value is -1.27. The Morgan fingerprint density at radius 3 is 3.00 bits per heavy atom. The van der Waals surface area contributed by atoms with Gasteiger partial charge in [0, 0.05) is 36.4 Å². The average Bonchev–Trinajstić information content (AvgIpc) is 3.24. The lowest BCUT2D eigenvalue weighted by molar-refractivity contribution is -0.118. The number of rotatable bonds is 5. The summed E-state index contributed by atoms with van der Waals surface area (Å²) in [5.74, 6) is 0. The average molecular weight is 330 g/mol. The number of nitrogens with zero attached hydrogens (tertiary/aromatic N) is 2. The third-order valence-corrected chi connectivity index (χ3v) is 5.66. The summed E-state index contributed by atoms with van der Waals surface area (Å²) >= 11 is 1.84. The Balaban J connectivity index is 1.37. The molecule has 3 atom stereocenters. The third-order valence-electron chi connectivity index (χ3n) is 4.80. The van der Waals surface area contributed by atoms with E-state index in [1.165, 1.54) is 10.4 Å². The zero-order chi connectivity index (χ0) is 15.5. The second-order valence-electron chi connectivity index (χ2n) is 6.23. The van der Waals surface area contributed by atoms with Gasteiger partial charge in [-0.05, 0) is 42.0 Å². The molecule has 1 saturated heterocycles. The number of aromatic nitrogens is 1. The highest BCUT2D eigenvalue weighted by Crippen LogP contribution is 2.33. The van der Waals surface area contributed by atoms with Crippen molar-refractivity contribution in [3.05, 3.63) is 52.5 Å². The van der Waals surface area contributed by atoms with Crippen LogP contribution in [-0.4, -0.2) is 41.3 Å². The molecule has 3 heterocycles. The molecule has 2 aromatic heterocycles. The van der Waals surface area contributed by atoms with Gasteiger partial charge >= 0.3 is 0 Å². The van der Waals surface area contributed by atoms with Crippen LogP contribution in [0.2, 0.25) is 0 Å². The van der Waals surface area contributed by atoms with Crippen LogP contribution in [0.1, 0.15) is 23.3 Å². The molecule has 2 fully saturated rings. The SMILES string of the molecule is c1csc(CN2CCO[C@H]3[C@H]2CC[C@H]3OCc2ccncc2)c1. The number of morpholine rings is 1. The van der Waals surface area contributed by atoms with E-state index in [4.69, 9.17) is 9.47 Å². The zero-order valence-corrected chi connectivity index (χ0v) is 14.0. The van der Waals surface area contributed by atoms with E-state index in [0.717, 1.165) is 32.5 Å². The zero-order valence-electron chi connectivity index (χ0n) is 13.1. The Labute approximate surface area is 141 Å². The molecule has 23 heavy (non-hydrogen) atoms. The lowest BCUT2D eigenvalue weighted by Gasteiger charge is -2.38. The molecule has 122 valence electrons. The van der Waals surface area contributed by atoms with Crippen LogP contribution in [-0.2, 0) is 22.6 Å². The molecular formula is C18H22N2O2S. The summed E-state index contributed by atoms with van der Waals surface area (Å²) in [6.45, 7) is 3.52. The van der Waals surface area contributed by atoms with Crippen molar-refractivity contribution < 1.29 is 9.47 Å². The topological polar surface area (TPSA) is 34.6 Å². The molecule has 0 N–H and O–H groups in total. The van der Waals surface area contributed by atoms with Crippen molar-refractivity contribution in [1.82, 2.24) is 9.88 Å². The Bertz CT molecular complexity index is 605. The van der Waals surface area contributed by atoms with Gasteiger partial charge in [0.25, 0.3) is 0 Å². The van der Waals surface area contributed by atoms with Crippen LogP contribution < -0.4 is 0 Å². The van der Waals surface area contributed by atoms with Crippen LogP contribution in [0.4, 0.5) is 0 Å². The van der Waals surface area contributed by atoms with Crippen LogP contribution in [0, 0.1) is 0 Å². The van der Waals surface area contributed by atoms with Gasteiger partial charge in [0.15, 0.2) is 0 Å². The number of hydrogen-bond acceptors (Lipinski definition) is 5. The van der Waals surface area contributed by atoms with Gasteiger partial charge in [-0.2, -0.15) is 0 Å². The summed E-state index contributed by atoms with van der Waals surface area (Å²) in [6, 6.07) is 8.87. The standard InChI is InChI=1S/C18H22N2O2S/c1-2-15(23-11-1)12-20-9-10-21-18-16(20)3-4-17(18)22-13-14-5-7-19-8-6-14/h1-2,5-8,11,16-18H,3-4,9-10,12-13H2/t16-,17-,18+/m1/s1. The van der Waals surface area contributed by atoms with Crippen LogP contribution in [0.15, 0.2) is 42.0 Å². The van der Waals surface area contributed by atoms with Crippen LogP contribution in [0.25, 0.3) is 0 Å². The molecule has 0 radical (unpaired) electrons. The van der Waals surface area contributed by atoms with E-state index in [2.05, 4.69) is 27.4 Å². The molecule has 0 bridgehead atoms. The fourth-order valence-corrected chi connectivity index (χ4v) is 4.38. The molecular weight excluding hydrogens is 308 g/mol. The lowest BCUT2D eigenvalue weighted by Crippen LogP contribution is -2.51. The van der Waals surface area contributed by atoms with E-state index in [9.17, 15) is 0 Å². The number of thiophene rings is 1. The van der Waals surface area contributed by atoms with E-state index < -0.39 is 0 Å². The molecule has 2 aliphatic rings. The summed E-state index contributed by atoms with van der Waals surface area (Å²) in [7, 11) is 0. The maximum Gasteiger partial charge on any atom is 0.0992 e. The van der Waals surface area contributed by atoms with Crippen molar-refractivity contribution >= 4 is 11.3 Å². The van der Waals surface area contributed by atoms with Crippen molar-refractivity contribution in [3.8, 4) is 0 Å². The highest BCUT2D eigenvalue weighted by Gasteiger charge is 2.43. The van der Waals surface area contributed by atoms with Gasteiger partial charge in [-0.15, -0.1) is 11.3 Å². The predicted octanol–water partition coefficient (Wildman–Crippen LogP) is 3.09. The Morgan fingerprint density at radius 2 is 2.17 bits per heavy atom. The first-order chi connectivity index (χ1) is 11.4. The molecule has 0 spiro atoms. The van der Waals surface area contributed by atoms with Crippen molar-refractivity contribution in [1.29, 1.82) is 0 Å². The highest BCUT2D eigenvalue weighted by atomic mass is 32.1. The number of pyridine rings is 1. The van der Waals surface area contributed by atoms with Crippen molar-refractivity contribution in [2.24, 2.45) is 0 Å². The van der Waals surface area contributed by atoms with E-state index in [0.29, 0.717) is 12.6 Å². The molecule has 0 unspecified atom stereocenters. The maximum atomic E-state index is 6.17. The monoisotopic (exact) mass is 330 g/mol. The summed E-state index contributed by atoms with van der Waals surface area (Å²) in [5, 5.41) is 2.16. The van der Waals surface area contributed by atoms with Gasteiger partial charge in [0.05, 0.1) is 25.4 Å². The van der Waals surface area contributed by atoms with E-state index in [-0.39, 0.29) is 12.2 Å². The minimum absolute atomic E-state index is 0.208. The van der Waals surface area contributed by atoms with Crippen molar-refractivity contribution in [3.63, 3.8) is 0 Å². The van der Waals surface area contributed by atoms with Crippen molar-refractivity contribution in [2.75, 3.05) is 13.2 Å². The van der Waals surface area contributed by atoms with Gasteiger partial charge in [-0.1, -0.05) is 6.07 Å². The number of ether oxygens (including phenoxy) is 2. The summed E-state index contributed by atoms with van der Waals surface area (Å²) in [4.78, 5) is 8.07. The first-order valence-corrected chi connectivity index (χ1v) is 9.16. The normalized spacial score (nSPS) is 27.9. The first kappa shape index (κ1) is 15.3. The van der Waals surface area contributed by atoms with Crippen molar-refractivity contribution in [2.45, 2.75) is 44.2 Å². The van der Waals surface area contributed by atoms with Gasteiger partial charge in [-0.3, -0.25) is 9.88 Å². The molecule has 2 aromatic rings. The fourth-order valence-electron chi connectivity index (χ4n) is 3.65. The molecule has 4 nitrogen and oxygen atoms in total. The van der Waals surface area contributed by atoms with E-state index >= 15 is 0 Å². The van der Waals surface area contributed by atoms with E-state index in [1.807, 2.05) is 35.9 Å². The molecule has 0 amide bonds. The molecule has 5 heteroatoms. The second-order valence-corrected chi connectivity index (χ2v) is 7.27. The quantitative estimate of drug-likeness (QED) is 0.844. The minimum Gasteiger partial charge on any atom is -0.373 e. The summed E-state index contributed by atoms with van der Waals surface area (Å²) in [5.41, 5.74) is 1.18. The third kappa shape index (κ3) is 3.48. The largest absolute Gasteiger partial charge is 0.373 e. The molecule has 1 aliphatic heterocycles. The minimum atomic E-state index is 0.208. The number of hydrogen-bond donors (Lipinski definition) is 0. The predicted molar refractivity (Wildman–Crippen MR) is 90.3 cm³/mol. The van der Waals surface area contributed by atoms with Crippen LogP contribution in [0.3, 0.4) is 0 Å².